The average Bonchev–Trinajstić information content (AvgIpc) is 3.00. The Bertz CT molecular complexity index is 957. The summed E-state index contributed by atoms with van der Waals surface area (Å²) in [5, 5.41) is 19.5. The average molecular weight is 312 g/mol. The molecule has 1 aromatic heterocycles. The number of nitrogens with zero attached hydrogens (tertiary/aromatic N) is 2. The summed E-state index contributed by atoms with van der Waals surface area (Å²) in [6, 6.07) is 8.59. The highest BCUT2D eigenvalue weighted by Gasteiger charge is 2.14. The minimum Gasteiger partial charge on any atom is -0.477 e. The highest BCUT2D eigenvalue weighted by molar-refractivity contribution is 7.16. The molecule has 3 aromatic rings. The van der Waals surface area contributed by atoms with Crippen molar-refractivity contribution in [3.05, 3.63) is 52.3 Å². The van der Waals surface area contributed by atoms with E-state index in [4.69, 9.17) is 5.11 Å². The molecule has 6 heteroatoms. The summed E-state index contributed by atoms with van der Waals surface area (Å²) in [7, 11) is 0. The van der Waals surface area contributed by atoms with E-state index in [-0.39, 0.29) is 10.7 Å². The van der Waals surface area contributed by atoms with Gasteiger partial charge >= 0.3 is 5.97 Å². The SMILES string of the molecule is Cc1ccc2c(C#N)cc(-c3ncc(C(=O)O)s3)cc2c1F. The van der Waals surface area contributed by atoms with Crippen LogP contribution in [0.25, 0.3) is 21.3 Å². The Morgan fingerprint density at radius 2 is 2.14 bits per heavy atom. The minimum atomic E-state index is -1.06. The maximum Gasteiger partial charge on any atom is 0.347 e. The quantitative estimate of drug-likeness (QED) is 0.776. The Morgan fingerprint density at radius 1 is 1.36 bits per heavy atom. The summed E-state index contributed by atoms with van der Waals surface area (Å²) in [6.45, 7) is 1.65. The van der Waals surface area contributed by atoms with Gasteiger partial charge in [0.2, 0.25) is 0 Å². The van der Waals surface area contributed by atoms with Crippen molar-refractivity contribution in [1.82, 2.24) is 4.98 Å². The fourth-order valence-corrected chi connectivity index (χ4v) is 2.97. The second-order valence-corrected chi connectivity index (χ2v) is 5.79. The van der Waals surface area contributed by atoms with E-state index in [0.717, 1.165) is 11.3 Å². The second-order valence-electron chi connectivity index (χ2n) is 4.76. The van der Waals surface area contributed by atoms with Gasteiger partial charge in [-0.05, 0) is 24.6 Å². The summed E-state index contributed by atoms with van der Waals surface area (Å²) in [6.07, 6.45) is 1.26. The summed E-state index contributed by atoms with van der Waals surface area (Å²) >= 11 is 0.989. The molecule has 0 unspecified atom stereocenters. The third kappa shape index (κ3) is 2.22. The Kier molecular flexibility index (Phi) is 3.35. The predicted octanol–water partition coefficient (Wildman–Crippen LogP) is 3.98. The Morgan fingerprint density at radius 3 is 2.77 bits per heavy atom. The molecule has 4 nitrogen and oxygen atoms in total. The lowest BCUT2D eigenvalue weighted by molar-refractivity contribution is 0.0702. The lowest BCUT2D eigenvalue weighted by atomic mass is 9.99. The molecule has 0 saturated heterocycles. The molecule has 0 aliphatic rings. The van der Waals surface area contributed by atoms with E-state index < -0.39 is 5.97 Å². The minimum absolute atomic E-state index is 0.0957. The molecule has 0 fully saturated rings. The van der Waals surface area contributed by atoms with Gasteiger partial charge in [0.15, 0.2) is 0 Å². The van der Waals surface area contributed by atoms with E-state index in [2.05, 4.69) is 11.1 Å². The fourth-order valence-electron chi connectivity index (χ4n) is 2.23. The predicted molar refractivity (Wildman–Crippen MR) is 81.4 cm³/mol. The summed E-state index contributed by atoms with van der Waals surface area (Å²) in [5.74, 6) is -1.45. The van der Waals surface area contributed by atoms with Crippen LogP contribution >= 0.6 is 11.3 Å². The van der Waals surface area contributed by atoms with Crippen molar-refractivity contribution < 1.29 is 14.3 Å². The van der Waals surface area contributed by atoms with Gasteiger partial charge in [0.05, 0.1) is 17.8 Å². The van der Waals surface area contributed by atoms with Crippen LogP contribution in [0.15, 0.2) is 30.5 Å². The van der Waals surface area contributed by atoms with E-state index in [0.29, 0.717) is 32.5 Å². The van der Waals surface area contributed by atoms with Crippen LogP contribution < -0.4 is 0 Å². The lowest BCUT2D eigenvalue weighted by Gasteiger charge is -2.07. The Labute approximate surface area is 129 Å². The van der Waals surface area contributed by atoms with Crippen molar-refractivity contribution >= 4 is 28.1 Å². The highest BCUT2D eigenvalue weighted by Crippen LogP contribution is 2.32. The van der Waals surface area contributed by atoms with Gasteiger partial charge in [-0.1, -0.05) is 12.1 Å². The number of nitriles is 1. The van der Waals surface area contributed by atoms with E-state index >= 15 is 0 Å². The number of aromatic carboxylic acids is 1. The van der Waals surface area contributed by atoms with Gasteiger partial charge in [-0.15, -0.1) is 11.3 Å². The van der Waals surface area contributed by atoms with Gasteiger partial charge in [-0.2, -0.15) is 5.26 Å². The van der Waals surface area contributed by atoms with E-state index in [1.54, 1.807) is 31.2 Å². The molecule has 3 rings (SSSR count). The number of carboxylic acids is 1. The zero-order chi connectivity index (χ0) is 15.9. The van der Waals surface area contributed by atoms with Crippen LogP contribution in [0, 0.1) is 24.1 Å². The van der Waals surface area contributed by atoms with Crippen molar-refractivity contribution in [2.75, 3.05) is 0 Å². The first-order chi connectivity index (χ1) is 10.5. The Hall–Kier alpha value is -2.78. The van der Waals surface area contributed by atoms with Gasteiger partial charge in [-0.3, -0.25) is 0 Å². The van der Waals surface area contributed by atoms with Gasteiger partial charge in [0.1, 0.15) is 15.7 Å². The second kappa shape index (κ2) is 5.20. The number of carbonyl (C=O) groups is 1. The number of rotatable bonds is 2. The molecule has 1 heterocycles. The molecule has 1 N–H and O–H groups in total. The monoisotopic (exact) mass is 312 g/mol. The van der Waals surface area contributed by atoms with Crippen LogP contribution in [0.5, 0.6) is 0 Å². The first-order valence-corrected chi connectivity index (χ1v) is 7.15. The number of benzene rings is 2. The highest BCUT2D eigenvalue weighted by atomic mass is 32.1. The van der Waals surface area contributed by atoms with E-state index in [1.807, 2.05) is 0 Å². The molecule has 0 bridgehead atoms. The number of hydrogen-bond donors (Lipinski definition) is 1. The normalized spacial score (nSPS) is 10.6. The molecule has 22 heavy (non-hydrogen) atoms. The van der Waals surface area contributed by atoms with Crippen molar-refractivity contribution in [2.45, 2.75) is 6.92 Å². The molecule has 0 spiro atoms. The summed E-state index contributed by atoms with van der Waals surface area (Å²) in [4.78, 5) is 15.1. The van der Waals surface area contributed by atoms with Crippen LogP contribution in [0.1, 0.15) is 20.8 Å². The zero-order valence-electron chi connectivity index (χ0n) is 11.4. The first kappa shape index (κ1) is 14.2. The van der Waals surface area contributed by atoms with Crippen LogP contribution in [0.4, 0.5) is 4.39 Å². The molecule has 0 saturated carbocycles. The first-order valence-electron chi connectivity index (χ1n) is 6.33. The molecule has 2 aromatic carbocycles. The molecule has 0 radical (unpaired) electrons. The largest absolute Gasteiger partial charge is 0.477 e. The molecule has 0 atom stereocenters. The third-order valence-electron chi connectivity index (χ3n) is 3.35. The molecule has 0 aliphatic carbocycles. The van der Waals surface area contributed by atoms with Crippen molar-refractivity contribution in [3.63, 3.8) is 0 Å². The van der Waals surface area contributed by atoms with Gasteiger partial charge in [0, 0.05) is 16.3 Å². The van der Waals surface area contributed by atoms with Crippen molar-refractivity contribution in [3.8, 4) is 16.6 Å². The van der Waals surface area contributed by atoms with Crippen LogP contribution in [0.3, 0.4) is 0 Å². The summed E-state index contributed by atoms with van der Waals surface area (Å²) in [5.41, 5.74) is 1.35. The van der Waals surface area contributed by atoms with E-state index in [9.17, 15) is 14.4 Å². The molecular formula is C16H9FN2O2S. The number of fused-ring (bicyclic) bond motifs is 1. The van der Waals surface area contributed by atoms with Crippen molar-refractivity contribution in [1.29, 1.82) is 5.26 Å². The molecule has 0 amide bonds. The number of aromatic nitrogens is 1. The van der Waals surface area contributed by atoms with Gasteiger partial charge in [0.25, 0.3) is 0 Å². The third-order valence-corrected chi connectivity index (χ3v) is 4.38. The lowest BCUT2D eigenvalue weighted by Crippen LogP contribution is -1.90. The topological polar surface area (TPSA) is 74.0 Å². The van der Waals surface area contributed by atoms with Crippen molar-refractivity contribution in [2.24, 2.45) is 0 Å². The maximum atomic E-state index is 14.3. The fraction of sp³-hybridized carbons (Fsp3) is 0.0625. The number of thiazole rings is 1. The van der Waals surface area contributed by atoms with E-state index in [1.165, 1.54) is 6.20 Å². The number of carboxylic acid groups (broad SMARTS) is 1. The molecule has 108 valence electrons. The summed E-state index contributed by atoms with van der Waals surface area (Å²) < 4.78 is 14.3. The molecule has 0 aliphatic heterocycles. The van der Waals surface area contributed by atoms with Crippen LogP contribution in [0.2, 0.25) is 0 Å². The smallest absolute Gasteiger partial charge is 0.347 e. The van der Waals surface area contributed by atoms with Crippen LogP contribution in [-0.4, -0.2) is 16.1 Å². The zero-order valence-corrected chi connectivity index (χ0v) is 12.2. The standard InChI is InChI=1S/C16H9FN2O2S/c1-8-2-3-11-10(6-18)4-9(5-12(11)14(8)17)15-19-7-13(22-15)16(20)21/h2-5,7H,1H3,(H,20,21). The molecular weight excluding hydrogens is 303 g/mol. The Balaban J connectivity index is 2.28. The maximum absolute atomic E-state index is 14.3. The van der Waals surface area contributed by atoms with Crippen LogP contribution in [-0.2, 0) is 0 Å². The van der Waals surface area contributed by atoms with Gasteiger partial charge in [-0.25, -0.2) is 14.2 Å². The number of hydrogen-bond acceptors (Lipinski definition) is 4. The van der Waals surface area contributed by atoms with Gasteiger partial charge < -0.3 is 5.11 Å². The number of halogens is 1. The number of aryl methyl sites for hydroxylation is 1.